The number of nitrogens with zero attached hydrogens (tertiary/aromatic N) is 2. The zero-order valence-electron chi connectivity index (χ0n) is 12.0. The molecule has 0 radical (unpaired) electrons. The first-order chi connectivity index (χ1) is 9.65. The van der Waals surface area contributed by atoms with E-state index in [9.17, 15) is 4.79 Å². The Hall–Kier alpha value is -1.75. The highest BCUT2D eigenvalue weighted by atomic mass is 16.5. The molecule has 1 atom stereocenters. The first-order valence-electron chi connectivity index (χ1n) is 7.06. The lowest BCUT2D eigenvalue weighted by Gasteiger charge is -2.38. The molecular formula is C15H20N2O3. The molecule has 1 aromatic carbocycles. The summed E-state index contributed by atoms with van der Waals surface area (Å²) in [4.78, 5) is 16.4. The number of morpholine rings is 1. The van der Waals surface area contributed by atoms with E-state index in [4.69, 9.17) is 9.47 Å². The van der Waals surface area contributed by atoms with Crippen LogP contribution in [0.2, 0.25) is 0 Å². The number of anilines is 1. The predicted octanol–water partition coefficient (Wildman–Crippen LogP) is 2.03. The number of rotatable bonds is 0. The molecule has 1 aromatic rings. The Kier molecular flexibility index (Phi) is 3.53. The van der Waals surface area contributed by atoms with Crippen LogP contribution in [0, 0.1) is 6.92 Å². The van der Waals surface area contributed by atoms with E-state index >= 15 is 0 Å². The van der Waals surface area contributed by atoms with Gasteiger partial charge in [0.25, 0.3) is 0 Å². The Morgan fingerprint density at radius 3 is 2.80 bits per heavy atom. The standard InChI is InChI=1S/C15H20N2O3/c1-11-3-4-14-13(9-11)17(10-12(2)20-14)15(18)16-5-7-19-8-6-16/h3-4,9,12H,5-8,10H2,1-2H3. The van der Waals surface area contributed by atoms with Gasteiger partial charge >= 0.3 is 6.03 Å². The third kappa shape index (κ3) is 2.45. The van der Waals surface area contributed by atoms with Gasteiger partial charge in [-0.2, -0.15) is 0 Å². The first kappa shape index (κ1) is 13.2. The molecule has 2 aliphatic rings. The Morgan fingerprint density at radius 1 is 1.30 bits per heavy atom. The molecule has 0 aliphatic carbocycles. The fourth-order valence-electron chi connectivity index (χ4n) is 2.65. The third-order valence-corrected chi connectivity index (χ3v) is 3.69. The van der Waals surface area contributed by atoms with Gasteiger partial charge in [0.05, 0.1) is 25.4 Å². The van der Waals surface area contributed by atoms with Gasteiger partial charge in [0.15, 0.2) is 0 Å². The van der Waals surface area contributed by atoms with Gasteiger partial charge in [-0.1, -0.05) is 6.07 Å². The number of hydrogen-bond donors (Lipinski definition) is 0. The van der Waals surface area contributed by atoms with Gasteiger partial charge < -0.3 is 14.4 Å². The highest BCUT2D eigenvalue weighted by Gasteiger charge is 2.31. The highest BCUT2D eigenvalue weighted by Crippen LogP contribution is 2.34. The molecule has 0 saturated carbocycles. The van der Waals surface area contributed by atoms with Crippen LogP contribution < -0.4 is 9.64 Å². The minimum Gasteiger partial charge on any atom is -0.487 e. The van der Waals surface area contributed by atoms with Crippen LogP contribution in [0.1, 0.15) is 12.5 Å². The first-order valence-corrected chi connectivity index (χ1v) is 7.06. The fraction of sp³-hybridized carbons (Fsp3) is 0.533. The van der Waals surface area contributed by atoms with E-state index in [1.165, 1.54) is 0 Å². The van der Waals surface area contributed by atoms with Crippen molar-refractivity contribution in [2.45, 2.75) is 20.0 Å². The molecule has 2 heterocycles. The Bertz CT molecular complexity index is 512. The molecule has 1 fully saturated rings. The van der Waals surface area contributed by atoms with Crippen molar-refractivity contribution >= 4 is 11.7 Å². The molecule has 108 valence electrons. The monoisotopic (exact) mass is 276 g/mol. The SMILES string of the molecule is Cc1ccc2c(c1)N(C(=O)N1CCOCC1)CC(C)O2. The lowest BCUT2D eigenvalue weighted by Crippen LogP contribution is -2.52. The van der Waals surface area contributed by atoms with Gasteiger partial charge in [-0.15, -0.1) is 0 Å². The molecular weight excluding hydrogens is 256 g/mol. The van der Waals surface area contributed by atoms with Crippen molar-refractivity contribution < 1.29 is 14.3 Å². The van der Waals surface area contributed by atoms with Crippen LogP contribution >= 0.6 is 0 Å². The minimum absolute atomic E-state index is 0.00944. The van der Waals surface area contributed by atoms with Crippen molar-refractivity contribution in [1.82, 2.24) is 4.90 Å². The summed E-state index contributed by atoms with van der Waals surface area (Å²) in [6, 6.07) is 6.02. The summed E-state index contributed by atoms with van der Waals surface area (Å²) < 4.78 is 11.1. The van der Waals surface area contributed by atoms with Crippen molar-refractivity contribution in [2.75, 3.05) is 37.7 Å². The second-order valence-electron chi connectivity index (χ2n) is 5.39. The van der Waals surface area contributed by atoms with Crippen LogP contribution in [0.5, 0.6) is 5.75 Å². The minimum atomic E-state index is 0.00944. The summed E-state index contributed by atoms with van der Waals surface area (Å²) in [5, 5.41) is 0. The molecule has 0 spiro atoms. The lowest BCUT2D eigenvalue weighted by molar-refractivity contribution is 0.0541. The summed E-state index contributed by atoms with van der Waals surface area (Å²) in [6.45, 7) is 7.15. The topological polar surface area (TPSA) is 42.0 Å². The van der Waals surface area contributed by atoms with Gasteiger partial charge in [-0.25, -0.2) is 4.79 Å². The molecule has 0 aromatic heterocycles. The van der Waals surface area contributed by atoms with Gasteiger partial charge in [-0.05, 0) is 31.5 Å². The fourth-order valence-corrected chi connectivity index (χ4v) is 2.65. The zero-order valence-corrected chi connectivity index (χ0v) is 12.0. The molecule has 2 amide bonds. The number of fused-ring (bicyclic) bond motifs is 1. The van der Waals surface area contributed by atoms with Crippen molar-refractivity contribution in [3.63, 3.8) is 0 Å². The summed E-state index contributed by atoms with van der Waals surface area (Å²) in [5.74, 6) is 0.788. The van der Waals surface area contributed by atoms with Crippen LogP contribution in [-0.4, -0.2) is 49.9 Å². The molecule has 5 heteroatoms. The molecule has 3 rings (SSSR count). The zero-order chi connectivity index (χ0) is 14.1. The normalized spacial score (nSPS) is 22.2. The molecule has 1 saturated heterocycles. The van der Waals surface area contributed by atoms with Crippen molar-refractivity contribution in [1.29, 1.82) is 0 Å². The number of aryl methyl sites for hydroxylation is 1. The Labute approximate surface area is 119 Å². The van der Waals surface area contributed by atoms with E-state index < -0.39 is 0 Å². The second kappa shape index (κ2) is 5.32. The maximum Gasteiger partial charge on any atom is 0.324 e. The van der Waals surface area contributed by atoms with E-state index in [1.54, 1.807) is 0 Å². The van der Waals surface area contributed by atoms with Gasteiger partial charge in [0, 0.05) is 13.1 Å². The highest BCUT2D eigenvalue weighted by molar-refractivity contribution is 5.94. The van der Waals surface area contributed by atoms with E-state index in [0.717, 1.165) is 17.0 Å². The van der Waals surface area contributed by atoms with E-state index in [1.807, 2.05) is 41.8 Å². The third-order valence-electron chi connectivity index (χ3n) is 3.69. The summed E-state index contributed by atoms with van der Waals surface area (Å²) in [6.07, 6.45) is 0.00944. The van der Waals surface area contributed by atoms with Crippen molar-refractivity contribution in [3.8, 4) is 5.75 Å². The maximum absolute atomic E-state index is 12.7. The average molecular weight is 276 g/mol. The Balaban J connectivity index is 1.89. The molecule has 1 unspecified atom stereocenters. The number of carbonyl (C=O) groups excluding carboxylic acids is 1. The number of hydrogen-bond acceptors (Lipinski definition) is 3. The average Bonchev–Trinajstić information content (AvgIpc) is 2.47. The lowest BCUT2D eigenvalue weighted by atomic mass is 10.1. The maximum atomic E-state index is 12.7. The van der Waals surface area contributed by atoms with Crippen LogP contribution in [0.25, 0.3) is 0 Å². The van der Waals surface area contributed by atoms with E-state index in [-0.39, 0.29) is 12.1 Å². The van der Waals surface area contributed by atoms with Crippen LogP contribution in [0.3, 0.4) is 0 Å². The summed E-state index contributed by atoms with van der Waals surface area (Å²) in [7, 11) is 0. The van der Waals surface area contributed by atoms with E-state index in [2.05, 4.69) is 0 Å². The van der Waals surface area contributed by atoms with Crippen LogP contribution in [0.4, 0.5) is 10.5 Å². The predicted molar refractivity (Wildman–Crippen MR) is 76.4 cm³/mol. The molecule has 0 N–H and O–H groups in total. The molecule has 5 nitrogen and oxygen atoms in total. The molecule has 20 heavy (non-hydrogen) atoms. The largest absolute Gasteiger partial charge is 0.487 e. The van der Waals surface area contributed by atoms with Gasteiger partial charge in [0.1, 0.15) is 11.9 Å². The number of benzene rings is 1. The van der Waals surface area contributed by atoms with Crippen molar-refractivity contribution in [2.24, 2.45) is 0 Å². The van der Waals surface area contributed by atoms with Crippen molar-refractivity contribution in [3.05, 3.63) is 23.8 Å². The summed E-state index contributed by atoms with van der Waals surface area (Å²) >= 11 is 0. The molecule has 0 bridgehead atoms. The van der Waals surface area contributed by atoms with Crippen LogP contribution in [0.15, 0.2) is 18.2 Å². The Morgan fingerprint density at radius 2 is 2.05 bits per heavy atom. The number of urea groups is 1. The smallest absolute Gasteiger partial charge is 0.324 e. The van der Waals surface area contributed by atoms with Gasteiger partial charge in [-0.3, -0.25) is 4.90 Å². The van der Waals surface area contributed by atoms with Gasteiger partial charge in [0.2, 0.25) is 0 Å². The second-order valence-corrected chi connectivity index (χ2v) is 5.39. The molecule has 2 aliphatic heterocycles. The number of amides is 2. The number of carbonyl (C=O) groups is 1. The number of ether oxygens (including phenoxy) is 2. The summed E-state index contributed by atoms with van der Waals surface area (Å²) in [5.41, 5.74) is 2.00. The van der Waals surface area contributed by atoms with Crippen LogP contribution in [-0.2, 0) is 4.74 Å². The van der Waals surface area contributed by atoms with E-state index in [0.29, 0.717) is 32.8 Å². The quantitative estimate of drug-likeness (QED) is 0.728.